The van der Waals surface area contributed by atoms with Gasteiger partial charge in [0.15, 0.2) is 11.5 Å². The predicted molar refractivity (Wildman–Crippen MR) is 79.1 cm³/mol. The number of thiophene rings is 1. The molecule has 0 saturated carbocycles. The zero-order chi connectivity index (χ0) is 13.8. The molecule has 104 valence electrons. The molecule has 7 heteroatoms. The number of ether oxygens (including phenoxy) is 1. The van der Waals surface area contributed by atoms with Crippen molar-refractivity contribution in [2.75, 3.05) is 25.1 Å². The lowest BCUT2D eigenvalue weighted by Gasteiger charge is -2.06. The zero-order valence-corrected chi connectivity index (χ0v) is 11.9. The van der Waals surface area contributed by atoms with E-state index in [9.17, 15) is 0 Å². The molecule has 0 saturated heterocycles. The van der Waals surface area contributed by atoms with Gasteiger partial charge in [-0.05, 0) is 30.5 Å². The summed E-state index contributed by atoms with van der Waals surface area (Å²) in [5.74, 6) is 1.54. The predicted octanol–water partition coefficient (Wildman–Crippen LogP) is 2.30. The molecule has 3 rings (SSSR count). The van der Waals surface area contributed by atoms with E-state index in [4.69, 9.17) is 4.74 Å². The Hall–Kier alpha value is -1.99. The smallest absolute Gasteiger partial charge is 0.186 e. The minimum Gasteiger partial charge on any atom is -0.380 e. The average Bonchev–Trinajstić information content (AvgIpc) is 3.11. The molecule has 0 aliphatic carbocycles. The number of anilines is 1. The lowest BCUT2D eigenvalue weighted by Crippen LogP contribution is -2.11. The molecule has 20 heavy (non-hydrogen) atoms. The van der Waals surface area contributed by atoms with Crippen molar-refractivity contribution in [1.29, 1.82) is 0 Å². The molecule has 3 aromatic rings. The molecule has 0 aliphatic heterocycles. The molecular weight excluding hydrogens is 274 g/mol. The molecule has 3 heterocycles. The number of fused-ring (bicyclic) bond motifs is 1. The van der Waals surface area contributed by atoms with E-state index in [2.05, 4.69) is 20.6 Å². The van der Waals surface area contributed by atoms with Crippen LogP contribution in [-0.4, -0.2) is 39.6 Å². The van der Waals surface area contributed by atoms with E-state index in [1.807, 2.05) is 35.9 Å². The van der Waals surface area contributed by atoms with Crippen LogP contribution in [0, 0.1) is 0 Å². The summed E-state index contributed by atoms with van der Waals surface area (Å²) in [6, 6.07) is 5.81. The maximum absolute atomic E-state index is 5.29. The fraction of sp³-hybridized carbons (Fsp3) is 0.308. The minimum absolute atomic E-state index is 0.662. The van der Waals surface area contributed by atoms with Gasteiger partial charge in [0.25, 0.3) is 0 Å². The molecule has 0 unspecified atom stereocenters. The van der Waals surface area contributed by atoms with Crippen LogP contribution < -0.4 is 5.32 Å². The van der Waals surface area contributed by atoms with E-state index in [1.165, 1.54) is 0 Å². The minimum atomic E-state index is 0.662. The number of hydrogen-bond acceptors (Lipinski definition) is 6. The van der Waals surface area contributed by atoms with Crippen LogP contribution in [0.5, 0.6) is 0 Å². The Morgan fingerprint density at radius 3 is 3.05 bits per heavy atom. The normalized spacial score (nSPS) is 11.1. The van der Waals surface area contributed by atoms with Crippen LogP contribution in [0.3, 0.4) is 0 Å². The summed E-state index contributed by atoms with van der Waals surface area (Å²) < 4.78 is 7.04. The van der Waals surface area contributed by atoms with Crippen molar-refractivity contribution >= 4 is 22.8 Å². The van der Waals surface area contributed by atoms with Gasteiger partial charge in [0, 0.05) is 24.1 Å². The third-order valence-corrected chi connectivity index (χ3v) is 3.48. The maximum Gasteiger partial charge on any atom is 0.186 e. The van der Waals surface area contributed by atoms with Crippen molar-refractivity contribution in [1.82, 2.24) is 19.8 Å². The summed E-state index contributed by atoms with van der Waals surface area (Å²) >= 11 is 1.63. The Morgan fingerprint density at radius 2 is 2.25 bits per heavy atom. The number of nitrogens with zero attached hydrogens (tertiary/aromatic N) is 4. The standard InChI is InChI=1S/C13H15N5OS/c1-2-19-7-6-14-11-3-4-12-15-16-13(18(12)17-11)10-5-8-20-9-10/h3-5,8-9H,2,6-7H2,1H3,(H,14,17). The first-order chi connectivity index (χ1) is 9.88. The fourth-order valence-corrected chi connectivity index (χ4v) is 2.48. The Kier molecular flexibility index (Phi) is 3.89. The quantitative estimate of drug-likeness (QED) is 0.705. The third-order valence-electron chi connectivity index (χ3n) is 2.80. The molecule has 0 aliphatic rings. The lowest BCUT2D eigenvalue weighted by atomic mass is 10.3. The molecule has 3 aromatic heterocycles. The molecule has 0 bridgehead atoms. The van der Waals surface area contributed by atoms with Crippen molar-refractivity contribution in [2.24, 2.45) is 0 Å². The molecule has 0 fully saturated rings. The van der Waals surface area contributed by atoms with E-state index in [0.717, 1.165) is 36.0 Å². The Balaban J connectivity index is 1.84. The SMILES string of the molecule is CCOCCNc1ccc2nnc(-c3ccsc3)n2n1. The lowest BCUT2D eigenvalue weighted by molar-refractivity contribution is 0.158. The summed E-state index contributed by atoms with van der Waals surface area (Å²) in [5, 5.41) is 20.1. The van der Waals surface area contributed by atoms with Gasteiger partial charge in [-0.25, -0.2) is 0 Å². The molecule has 0 spiro atoms. The van der Waals surface area contributed by atoms with E-state index in [-0.39, 0.29) is 0 Å². The van der Waals surface area contributed by atoms with E-state index >= 15 is 0 Å². The second-order valence-corrected chi connectivity index (χ2v) is 4.93. The Labute approximate surface area is 120 Å². The number of aromatic nitrogens is 4. The molecule has 0 aromatic carbocycles. The van der Waals surface area contributed by atoms with Gasteiger partial charge in [-0.15, -0.1) is 15.3 Å². The first-order valence-electron chi connectivity index (χ1n) is 6.45. The maximum atomic E-state index is 5.29. The number of nitrogens with one attached hydrogen (secondary N) is 1. The summed E-state index contributed by atoms with van der Waals surface area (Å²) in [4.78, 5) is 0. The van der Waals surface area contributed by atoms with Crippen molar-refractivity contribution in [3.63, 3.8) is 0 Å². The van der Waals surface area contributed by atoms with E-state index < -0.39 is 0 Å². The van der Waals surface area contributed by atoms with Crippen LogP contribution in [0.15, 0.2) is 29.0 Å². The molecular formula is C13H15N5OS. The van der Waals surface area contributed by atoms with Crippen molar-refractivity contribution in [3.05, 3.63) is 29.0 Å². The van der Waals surface area contributed by atoms with Gasteiger partial charge in [-0.3, -0.25) is 0 Å². The number of hydrogen-bond donors (Lipinski definition) is 1. The van der Waals surface area contributed by atoms with Gasteiger partial charge in [-0.1, -0.05) is 0 Å². The fourth-order valence-electron chi connectivity index (χ4n) is 1.85. The highest BCUT2D eigenvalue weighted by Gasteiger charge is 2.09. The monoisotopic (exact) mass is 289 g/mol. The van der Waals surface area contributed by atoms with Gasteiger partial charge < -0.3 is 10.1 Å². The summed E-state index contributed by atoms with van der Waals surface area (Å²) in [6.07, 6.45) is 0. The average molecular weight is 289 g/mol. The molecule has 0 radical (unpaired) electrons. The zero-order valence-electron chi connectivity index (χ0n) is 11.1. The highest BCUT2D eigenvalue weighted by atomic mass is 32.1. The topological polar surface area (TPSA) is 64.3 Å². The largest absolute Gasteiger partial charge is 0.380 e. The van der Waals surface area contributed by atoms with E-state index in [0.29, 0.717) is 6.61 Å². The van der Waals surface area contributed by atoms with Crippen molar-refractivity contribution in [2.45, 2.75) is 6.92 Å². The van der Waals surface area contributed by atoms with Crippen LogP contribution in [0.4, 0.5) is 5.82 Å². The van der Waals surface area contributed by atoms with Crippen LogP contribution in [0.25, 0.3) is 17.0 Å². The highest BCUT2D eigenvalue weighted by molar-refractivity contribution is 7.08. The number of rotatable bonds is 6. The second-order valence-electron chi connectivity index (χ2n) is 4.15. The van der Waals surface area contributed by atoms with Crippen molar-refractivity contribution in [3.8, 4) is 11.4 Å². The summed E-state index contributed by atoms with van der Waals surface area (Å²) in [7, 11) is 0. The Bertz CT molecular complexity index is 679. The van der Waals surface area contributed by atoms with Crippen LogP contribution in [-0.2, 0) is 4.74 Å². The van der Waals surface area contributed by atoms with Crippen LogP contribution in [0.2, 0.25) is 0 Å². The Morgan fingerprint density at radius 1 is 1.30 bits per heavy atom. The molecule has 1 N–H and O–H groups in total. The molecule has 6 nitrogen and oxygen atoms in total. The van der Waals surface area contributed by atoms with Gasteiger partial charge in [0.2, 0.25) is 0 Å². The van der Waals surface area contributed by atoms with Gasteiger partial charge in [0.1, 0.15) is 5.82 Å². The third kappa shape index (κ3) is 2.63. The van der Waals surface area contributed by atoms with Gasteiger partial charge in [-0.2, -0.15) is 15.9 Å². The van der Waals surface area contributed by atoms with Crippen molar-refractivity contribution < 1.29 is 4.74 Å². The molecule has 0 amide bonds. The first kappa shape index (κ1) is 13.0. The van der Waals surface area contributed by atoms with Crippen LogP contribution in [0.1, 0.15) is 6.92 Å². The summed E-state index contributed by atoms with van der Waals surface area (Å²) in [5.41, 5.74) is 1.77. The van der Waals surface area contributed by atoms with Gasteiger partial charge >= 0.3 is 0 Å². The van der Waals surface area contributed by atoms with Gasteiger partial charge in [0.05, 0.1) is 6.61 Å². The van der Waals surface area contributed by atoms with E-state index in [1.54, 1.807) is 15.9 Å². The molecule has 0 atom stereocenters. The summed E-state index contributed by atoms with van der Waals surface area (Å²) in [6.45, 7) is 4.09. The highest BCUT2D eigenvalue weighted by Crippen LogP contribution is 2.20. The first-order valence-corrected chi connectivity index (χ1v) is 7.39. The second kappa shape index (κ2) is 5.98. The van der Waals surface area contributed by atoms with Crippen LogP contribution >= 0.6 is 11.3 Å².